The van der Waals surface area contributed by atoms with Gasteiger partial charge in [0.1, 0.15) is 23.1 Å². The van der Waals surface area contributed by atoms with Crippen LogP contribution < -0.4 is 25.7 Å². The molecule has 53 heavy (non-hydrogen) atoms. The number of carbonyl (C=O) groups excluding carboxylic acids is 4. The van der Waals surface area contributed by atoms with Crippen molar-refractivity contribution in [2.75, 3.05) is 65.3 Å². The van der Waals surface area contributed by atoms with Gasteiger partial charge in [-0.15, -0.1) is 0 Å². The Morgan fingerprint density at radius 1 is 0.887 bits per heavy atom. The number of imide groups is 1. The van der Waals surface area contributed by atoms with Crippen molar-refractivity contribution in [1.82, 2.24) is 34.8 Å². The van der Waals surface area contributed by atoms with Crippen molar-refractivity contribution in [3.63, 3.8) is 0 Å². The summed E-state index contributed by atoms with van der Waals surface area (Å²) in [5.74, 6) is 0.540. The third-order valence-corrected chi connectivity index (χ3v) is 10.7. The lowest BCUT2D eigenvalue weighted by molar-refractivity contribution is -0.135. The fraction of sp³-hybridized carbons (Fsp3) is 0.421. The summed E-state index contributed by atoms with van der Waals surface area (Å²) in [5.41, 5.74) is 3.95. The van der Waals surface area contributed by atoms with Crippen molar-refractivity contribution in [2.45, 2.75) is 37.6 Å². The largest absolute Gasteiger partial charge is 0.496 e. The second-order valence-corrected chi connectivity index (χ2v) is 13.9. The van der Waals surface area contributed by atoms with Crippen LogP contribution in [0.1, 0.15) is 47.5 Å². The number of ether oxygens (including phenoxy) is 2. The van der Waals surface area contributed by atoms with Crippen LogP contribution in [0, 0.1) is 0 Å². The molecular formula is C38H44N8O7. The fourth-order valence-electron chi connectivity index (χ4n) is 7.57. The molecule has 7 rings (SSSR count). The number of fused-ring (bicyclic) bond motifs is 1. The SMILES string of the molecule is COc1cc(-c2cn(C)c(=O)c3[nH]ncc23)c(OC)cc1C(=O)N1CCN(C(=O)CN2CCC(c3ccc(NC4CCC(=O)NC4=O)cc3)CC2)CC1. The van der Waals surface area contributed by atoms with Crippen molar-refractivity contribution in [2.24, 2.45) is 7.05 Å². The Bertz CT molecular complexity index is 2090. The normalized spacial score (nSPS) is 18.6. The van der Waals surface area contributed by atoms with E-state index in [2.05, 4.69) is 37.9 Å². The average molecular weight is 725 g/mol. The molecule has 3 saturated heterocycles. The third kappa shape index (κ3) is 7.33. The monoisotopic (exact) mass is 724 g/mol. The van der Waals surface area contributed by atoms with Crippen LogP contribution in [-0.2, 0) is 21.4 Å². The topological polar surface area (TPSA) is 171 Å². The molecule has 0 saturated carbocycles. The lowest BCUT2D eigenvalue weighted by Crippen LogP contribution is -2.53. The van der Waals surface area contributed by atoms with Crippen molar-refractivity contribution < 1.29 is 28.7 Å². The van der Waals surface area contributed by atoms with Gasteiger partial charge in [-0.25, -0.2) is 0 Å². The summed E-state index contributed by atoms with van der Waals surface area (Å²) < 4.78 is 12.9. The van der Waals surface area contributed by atoms with Crippen molar-refractivity contribution in [1.29, 1.82) is 0 Å². The molecule has 4 aromatic rings. The van der Waals surface area contributed by atoms with Crippen LogP contribution in [-0.4, -0.2) is 119 Å². The second kappa shape index (κ2) is 15.1. The van der Waals surface area contributed by atoms with Gasteiger partial charge >= 0.3 is 0 Å². The molecule has 2 aromatic carbocycles. The van der Waals surface area contributed by atoms with Crippen LogP contribution in [0.4, 0.5) is 5.69 Å². The van der Waals surface area contributed by atoms with Gasteiger partial charge < -0.3 is 29.2 Å². The second-order valence-electron chi connectivity index (χ2n) is 13.9. The summed E-state index contributed by atoms with van der Waals surface area (Å²) in [5, 5.41) is 13.1. The van der Waals surface area contributed by atoms with Gasteiger partial charge in [-0.2, -0.15) is 5.10 Å². The highest BCUT2D eigenvalue weighted by Gasteiger charge is 2.30. The van der Waals surface area contributed by atoms with Gasteiger partial charge in [0.2, 0.25) is 17.7 Å². The number of hydrogen-bond donors (Lipinski definition) is 3. The van der Waals surface area contributed by atoms with E-state index in [9.17, 15) is 24.0 Å². The molecule has 15 nitrogen and oxygen atoms in total. The van der Waals surface area contributed by atoms with Gasteiger partial charge in [-0.05, 0) is 68.1 Å². The molecule has 15 heteroatoms. The van der Waals surface area contributed by atoms with Crippen molar-refractivity contribution in [3.05, 3.63) is 70.3 Å². The molecule has 278 valence electrons. The number of methoxy groups -OCH3 is 2. The summed E-state index contributed by atoms with van der Waals surface area (Å²) >= 11 is 0. The van der Waals surface area contributed by atoms with E-state index >= 15 is 0 Å². The smallest absolute Gasteiger partial charge is 0.276 e. The lowest BCUT2D eigenvalue weighted by Gasteiger charge is -2.37. The molecule has 3 aliphatic heterocycles. The maximum Gasteiger partial charge on any atom is 0.276 e. The van der Waals surface area contributed by atoms with Crippen LogP contribution in [0.15, 0.2) is 53.6 Å². The van der Waals surface area contributed by atoms with Gasteiger partial charge in [-0.3, -0.25) is 39.3 Å². The van der Waals surface area contributed by atoms with Gasteiger partial charge in [0.25, 0.3) is 11.5 Å². The van der Waals surface area contributed by atoms with E-state index in [1.807, 2.05) is 17.0 Å². The number of hydrogen-bond acceptors (Lipinski definition) is 10. The Morgan fingerprint density at radius 2 is 1.58 bits per heavy atom. The zero-order valence-electron chi connectivity index (χ0n) is 30.1. The van der Waals surface area contributed by atoms with E-state index in [-0.39, 0.29) is 29.2 Å². The number of aryl methyl sites for hydroxylation is 1. The lowest BCUT2D eigenvalue weighted by atomic mass is 9.89. The minimum Gasteiger partial charge on any atom is -0.496 e. The average Bonchev–Trinajstić information content (AvgIpc) is 3.68. The minimum absolute atomic E-state index is 0.0610. The first-order chi connectivity index (χ1) is 25.6. The summed E-state index contributed by atoms with van der Waals surface area (Å²) in [7, 11) is 4.70. The zero-order valence-corrected chi connectivity index (χ0v) is 30.1. The maximum absolute atomic E-state index is 13.8. The van der Waals surface area contributed by atoms with Crippen LogP contribution in [0.25, 0.3) is 22.0 Å². The van der Waals surface area contributed by atoms with Crippen LogP contribution >= 0.6 is 0 Å². The first-order valence-electron chi connectivity index (χ1n) is 17.9. The molecule has 1 unspecified atom stereocenters. The Kier molecular flexibility index (Phi) is 10.2. The third-order valence-electron chi connectivity index (χ3n) is 10.7. The molecule has 3 N–H and O–H groups in total. The molecule has 3 fully saturated rings. The number of H-pyrrole nitrogens is 1. The Labute approximate surface area is 306 Å². The Balaban J connectivity index is 0.918. The minimum atomic E-state index is -0.413. The number of piperidine rings is 2. The molecule has 0 spiro atoms. The molecule has 0 aliphatic carbocycles. The fourth-order valence-corrected chi connectivity index (χ4v) is 7.57. The maximum atomic E-state index is 13.8. The number of pyridine rings is 1. The van der Waals surface area contributed by atoms with Crippen LogP contribution in [0.5, 0.6) is 11.5 Å². The number of carbonyl (C=O) groups is 4. The highest BCUT2D eigenvalue weighted by molar-refractivity contribution is 6.02. The quantitative estimate of drug-likeness (QED) is 0.218. The van der Waals surface area contributed by atoms with Crippen molar-refractivity contribution in [3.8, 4) is 22.6 Å². The molecule has 4 amide bonds. The summed E-state index contributed by atoms with van der Waals surface area (Å²) in [6, 6.07) is 11.1. The number of nitrogens with one attached hydrogen (secondary N) is 3. The van der Waals surface area contributed by atoms with Crippen LogP contribution in [0.3, 0.4) is 0 Å². The summed E-state index contributed by atoms with van der Waals surface area (Å²) in [4.78, 5) is 69.1. The van der Waals surface area contributed by atoms with E-state index in [1.165, 1.54) is 24.4 Å². The number of nitrogens with zero attached hydrogens (tertiary/aromatic N) is 5. The number of rotatable bonds is 9. The van der Waals surface area contributed by atoms with Gasteiger partial charge in [0, 0.05) is 68.0 Å². The first-order valence-corrected chi connectivity index (χ1v) is 17.9. The number of amides is 4. The standard InChI is InChI=1S/C38H44N8O7/c1-43-21-29(28-20-39-42-35(28)38(43)51)26-18-32(53-3)27(19-31(26)52-2)37(50)46-16-14-45(15-17-46)34(48)22-44-12-10-24(11-13-44)23-4-6-25(7-5-23)40-30-8-9-33(47)41-36(30)49/h4-7,18-21,24,30,40H,8-17,22H2,1-3H3,(H,39,42)(H,41,47,49). The summed E-state index contributed by atoms with van der Waals surface area (Å²) in [6.45, 7) is 3.64. The van der Waals surface area contributed by atoms with Crippen LogP contribution in [0.2, 0.25) is 0 Å². The number of likely N-dealkylation sites (tertiary alicyclic amines) is 1. The van der Waals surface area contributed by atoms with Gasteiger partial charge in [-0.1, -0.05) is 12.1 Å². The number of benzene rings is 2. The number of aromatic nitrogens is 3. The van der Waals surface area contributed by atoms with Gasteiger partial charge in [0.05, 0.1) is 32.5 Å². The molecule has 3 aliphatic rings. The van der Waals surface area contributed by atoms with E-state index in [0.29, 0.717) is 90.6 Å². The molecule has 0 bridgehead atoms. The number of aromatic amines is 1. The zero-order chi connectivity index (χ0) is 37.2. The molecule has 2 aromatic heterocycles. The van der Waals surface area contributed by atoms with E-state index < -0.39 is 6.04 Å². The first kappa shape index (κ1) is 35.7. The molecule has 5 heterocycles. The molecule has 1 atom stereocenters. The number of piperazine rings is 1. The predicted octanol–water partition coefficient (Wildman–Crippen LogP) is 2.33. The molecule has 0 radical (unpaired) electrons. The van der Waals surface area contributed by atoms with E-state index in [4.69, 9.17) is 9.47 Å². The molecular weight excluding hydrogens is 680 g/mol. The van der Waals surface area contributed by atoms with E-state index in [1.54, 1.807) is 36.5 Å². The highest BCUT2D eigenvalue weighted by Crippen LogP contribution is 2.39. The van der Waals surface area contributed by atoms with E-state index in [0.717, 1.165) is 31.6 Å². The number of anilines is 1. The van der Waals surface area contributed by atoms with Gasteiger partial charge in [0.15, 0.2) is 0 Å². The Hall–Kier alpha value is -5.70. The highest BCUT2D eigenvalue weighted by atomic mass is 16.5. The Morgan fingerprint density at radius 3 is 2.26 bits per heavy atom. The van der Waals surface area contributed by atoms with Crippen molar-refractivity contribution >= 4 is 40.2 Å². The predicted molar refractivity (Wildman–Crippen MR) is 197 cm³/mol. The summed E-state index contributed by atoms with van der Waals surface area (Å²) in [6.07, 6.45) is 5.99.